The van der Waals surface area contributed by atoms with E-state index in [1.54, 1.807) is 0 Å². The number of unbranched alkanes of at least 4 members (excludes halogenated alkanes) is 1. The molecule has 1 aliphatic carbocycles. The summed E-state index contributed by atoms with van der Waals surface area (Å²) in [6, 6.07) is 0. The van der Waals surface area contributed by atoms with Crippen LogP contribution in [0, 0.1) is 0 Å². The van der Waals surface area contributed by atoms with E-state index in [-0.39, 0.29) is 6.61 Å². The smallest absolute Gasteiger partial charge is 0.0960 e. The van der Waals surface area contributed by atoms with E-state index in [1.165, 1.54) is 5.57 Å². The van der Waals surface area contributed by atoms with Crippen molar-refractivity contribution in [2.45, 2.75) is 25.7 Å². The lowest BCUT2D eigenvalue weighted by molar-refractivity contribution is 0.284. The van der Waals surface area contributed by atoms with E-state index >= 15 is 0 Å². The first-order valence-corrected chi connectivity index (χ1v) is 3.35. The van der Waals surface area contributed by atoms with Gasteiger partial charge in [0.25, 0.3) is 0 Å². The Morgan fingerprint density at radius 1 is 1.33 bits per heavy atom. The standard InChI is InChI=1S/C7H12O2/c8-4-2-1-3-6-5-7(6)9/h8-9H,1-5H2. The molecule has 0 bridgehead atoms. The molecule has 0 radical (unpaired) electrons. The van der Waals surface area contributed by atoms with Gasteiger partial charge in [0, 0.05) is 13.0 Å². The van der Waals surface area contributed by atoms with Crippen molar-refractivity contribution in [3.05, 3.63) is 11.3 Å². The third-order valence-corrected chi connectivity index (χ3v) is 1.55. The lowest BCUT2D eigenvalue weighted by Gasteiger charge is -1.89. The molecule has 0 spiro atoms. The molecular weight excluding hydrogens is 116 g/mol. The van der Waals surface area contributed by atoms with Crippen LogP contribution in [0.1, 0.15) is 25.7 Å². The van der Waals surface area contributed by atoms with Gasteiger partial charge in [-0.15, -0.1) is 0 Å². The fraction of sp³-hybridized carbons (Fsp3) is 0.714. The Hall–Kier alpha value is -0.500. The molecule has 9 heavy (non-hydrogen) atoms. The molecular formula is C7H12O2. The third kappa shape index (κ3) is 2.06. The summed E-state index contributed by atoms with van der Waals surface area (Å²) in [6.07, 6.45) is 3.67. The lowest BCUT2D eigenvalue weighted by atomic mass is 10.2. The summed E-state index contributed by atoms with van der Waals surface area (Å²) >= 11 is 0. The molecule has 0 aliphatic heterocycles. The zero-order chi connectivity index (χ0) is 6.69. The highest BCUT2D eigenvalue weighted by molar-refractivity contribution is 5.27. The Morgan fingerprint density at radius 2 is 2.00 bits per heavy atom. The van der Waals surface area contributed by atoms with Gasteiger partial charge in [0.1, 0.15) is 0 Å². The first kappa shape index (κ1) is 6.62. The van der Waals surface area contributed by atoms with Crippen LogP contribution in [0.25, 0.3) is 0 Å². The quantitative estimate of drug-likeness (QED) is 0.561. The highest BCUT2D eigenvalue weighted by atomic mass is 16.3. The van der Waals surface area contributed by atoms with Crippen molar-refractivity contribution in [2.75, 3.05) is 6.61 Å². The van der Waals surface area contributed by atoms with E-state index in [4.69, 9.17) is 10.2 Å². The van der Waals surface area contributed by atoms with Gasteiger partial charge in [0.15, 0.2) is 0 Å². The summed E-state index contributed by atoms with van der Waals surface area (Å²) < 4.78 is 0. The summed E-state index contributed by atoms with van der Waals surface area (Å²) in [6.45, 7) is 0.272. The van der Waals surface area contributed by atoms with Gasteiger partial charge in [0.05, 0.1) is 5.76 Å². The van der Waals surface area contributed by atoms with Crippen molar-refractivity contribution in [1.82, 2.24) is 0 Å². The molecule has 2 heteroatoms. The summed E-state index contributed by atoms with van der Waals surface area (Å²) in [5.74, 6) is 0.577. The molecule has 0 saturated heterocycles. The second-order valence-electron chi connectivity index (χ2n) is 2.41. The normalized spacial score (nSPS) is 16.6. The van der Waals surface area contributed by atoms with Crippen molar-refractivity contribution < 1.29 is 10.2 Å². The zero-order valence-corrected chi connectivity index (χ0v) is 5.43. The van der Waals surface area contributed by atoms with Crippen LogP contribution in [0.2, 0.25) is 0 Å². The molecule has 0 atom stereocenters. The van der Waals surface area contributed by atoms with E-state index in [2.05, 4.69) is 0 Å². The lowest BCUT2D eigenvalue weighted by Crippen LogP contribution is -1.80. The van der Waals surface area contributed by atoms with Gasteiger partial charge in [-0.25, -0.2) is 0 Å². The summed E-state index contributed by atoms with van der Waals surface area (Å²) in [4.78, 5) is 0. The molecule has 1 aliphatic rings. The first-order valence-electron chi connectivity index (χ1n) is 3.35. The van der Waals surface area contributed by atoms with Gasteiger partial charge in [0.2, 0.25) is 0 Å². The Balaban J connectivity index is 1.94. The number of aliphatic hydroxyl groups excluding tert-OH is 2. The summed E-state index contributed by atoms with van der Waals surface area (Å²) in [7, 11) is 0. The van der Waals surface area contributed by atoms with Crippen LogP contribution in [0.4, 0.5) is 0 Å². The second-order valence-corrected chi connectivity index (χ2v) is 2.41. The maximum Gasteiger partial charge on any atom is 0.0960 e. The molecule has 0 aromatic rings. The number of allylic oxidation sites excluding steroid dienone is 2. The fourth-order valence-electron chi connectivity index (χ4n) is 0.841. The minimum absolute atomic E-state index is 0.272. The van der Waals surface area contributed by atoms with E-state index in [0.717, 1.165) is 25.7 Å². The molecule has 2 N–H and O–H groups in total. The molecule has 0 saturated carbocycles. The first-order chi connectivity index (χ1) is 4.34. The SMILES string of the molecule is OCCCCC1=C(O)C1. The van der Waals surface area contributed by atoms with E-state index in [0.29, 0.717) is 5.76 Å². The van der Waals surface area contributed by atoms with Crippen LogP contribution in [0.3, 0.4) is 0 Å². The Bertz CT molecular complexity index is 127. The largest absolute Gasteiger partial charge is 0.512 e. The minimum Gasteiger partial charge on any atom is -0.512 e. The number of rotatable bonds is 4. The number of hydrogen-bond donors (Lipinski definition) is 2. The summed E-state index contributed by atoms with van der Waals surface area (Å²) in [5.41, 5.74) is 1.18. The van der Waals surface area contributed by atoms with Gasteiger partial charge in [-0.2, -0.15) is 0 Å². The molecule has 1 rings (SSSR count). The third-order valence-electron chi connectivity index (χ3n) is 1.55. The van der Waals surface area contributed by atoms with Crippen LogP contribution in [-0.4, -0.2) is 16.8 Å². The average Bonchev–Trinajstić information content (AvgIpc) is 2.48. The van der Waals surface area contributed by atoms with Gasteiger partial charge in [-0.3, -0.25) is 0 Å². The predicted octanol–water partition coefficient (Wildman–Crippen LogP) is 1.36. The maximum atomic E-state index is 8.74. The monoisotopic (exact) mass is 128 g/mol. The molecule has 0 unspecified atom stereocenters. The zero-order valence-electron chi connectivity index (χ0n) is 5.43. The van der Waals surface area contributed by atoms with Crippen molar-refractivity contribution in [1.29, 1.82) is 0 Å². The van der Waals surface area contributed by atoms with Crippen LogP contribution in [0.5, 0.6) is 0 Å². The highest BCUT2D eigenvalue weighted by Gasteiger charge is 2.18. The molecule has 2 nitrogen and oxygen atoms in total. The average molecular weight is 128 g/mol. The van der Waals surface area contributed by atoms with Crippen molar-refractivity contribution in [2.24, 2.45) is 0 Å². The molecule has 0 aromatic heterocycles. The second kappa shape index (κ2) is 2.87. The van der Waals surface area contributed by atoms with Crippen molar-refractivity contribution >= 4 is 0 Å². The van der Waals surface area contributed by atoms with Gasteiger partial charge < -0.3 is 10.2 Å². The highest BCUT2D eigenvalue weighted by Crippen LogP contribution is 2.31. The van der Waals surface area contributed by atoms with Crippen LogP contribution in [-0.2, 0) is 0 Å². The van der Waals surface area contributed by atoms with Crippen LogP contribution in [0.15, 0.2) is 11.3 Å². The Kier molecular flexibility index (Phi) is 2.11. The summed E-state index contributed by atoms with van der Waals surface area (Å²) in [5, 5.41) is 17.1. The van der Waals surface area contributed by atoms with Gasteiger partial charge in [-0.05, 0) is 24.8 Å². The van der Waals surface area contributed by atoms with Crippen molar-refractivity contribution in [3.63, 3.8) is 0 Å². The molecule has 0 heterocycles. The predicted molar refractivity (Wildman–Crippen MR) is 35.2 cm³/mol. The fourth-order valence-corrected chi connectivity index (χ4v) is 0.841. The number of aliphatic hydroxyl groups is 2. The van der Waals surface area contributed by atoms with Gasteiger partial charge >= 0.3 is 0 Å². The van der Waals surface area contributed by atoms with Crippen LogP contribution < -0.4 is 0 Å². The van der Waals surface area contributed by atoms with E-state index in [9.17, 15) is 0 Å². The molecule has 0 fully saturated rings. The van der Waals surface area contributed by atoms with E-state index in [1.807, 2.05) is 0 Å². The Labute approximate surface area is 54.8 Å². The topological polar surface area (TPSA) is 40.5 Å². The maximum absolute atomic E-state index is 8.74. The minimum atomic E-state index is 0.272. The van der Waals surface area contributed by atoms with Gasteiger partial charge in [-0.1, -0.05) is 0 Å². The Morgan fingerprint density at radius 3 is 2.44 bits per heavy atom. The van der Waals surface area contributed by atoms with Crippen LogP contribution >= 0.6 is 0 Å². The molecule has 0 amide bonds. The molecule has 52 valence electrons. The van der Waals surface area contributed by atoms with Crippen molar-refractivity contribution in [3.8, 4) is 0 Å². The van der Waals surface area contributed by atoms with E-state index < -0.39 is 0 Å². The molecule has 0 aromatic carbocycles. The number of hydrogen-bond acceptors (Lipinski definition) is 2.